The van der Waals surface area contributed by atoms with Gasteiger partial charge in [-0.05, 0) is 73.9 Å². The van der Waals surface area contributed by atoms with Crippen LogP contribution in [-0.2, 0) is 9.59 Å². The number of ketones is 1. The number of halogens is 2. The lowest BCUT2D eigenvalue weighted by Gasteiger charge is -2.30. The quantitative estimate of drug-likeness (QED) is 0.108. The Morgan fingerprint density at radius 3 is 2.17 bits per heavy atom. The molecular formula is C32H26Cl2N2O6. The molecule has 1 heterocycles. The highest BCUT2D eigenvalue weighted by molar-refractivity contribution is 6.42. The van der Waals surface area contributed by atoms with Crippen LogP contribution in [0.5, 0.6) is 5.75 Å². The SMILES string of the molecule is Cc1ccc(C(=O)Oc2ccc(C(=O)CN(C(=O)c3ccc(Cl)c(Cl)c3)N3C(=O)[C@H]4[C@H](C)C=CC[C@H]4C3=O)cc2)cc1. The fourth-order valence-corrected chi connectivity index (χ4v) is 5.47. The molecule has 42 heavy (non-hydrogen) atoms. The van der Waals surface area contributed by atoms with E-state index < -0.39 is 47.9 Å². The third-order valence-electron chi connectivity index (χ3n) is 7.46. The van der Waals surface area contributed by atoms with Gasteiger partial charge < -0.3 is 4.74 Å². The smallest absolute Gasteiger partial charge is 0.343 e. The van der Waals surface area contributed by atoms with Crippen LogP contribution in [0.2, 0.25) is 10.0 Å². The molecule has 1 aliphatic heterocycles. The Kier molecular flexibility index (Phi) is 8.29. The van der Waals surface area contributed by atoms with Crippen LogP contribution in [0.4, 0.5) is 0 Å². The molecule has 8 nitrogen and oxygen atoms in total. The summed E-state index contributed by atoms with van der Waals surface area (Å²) < 4.78 is 5.41. The van der Waals surface area contributed by atoms with Crippen molar-refractivity contribution in [2.24, 2.45) is 17.8 Å². The summed E-state index contributed by atoms with van der Waals surface area (Å²) in [7, 11) is 0. The Labute approximate surface area is 252 Å². The van der Waals surface area contributed by atoms with Crippen LogP contribution in [0.3, 0.4) is 0 Å². The number of carbonyl (C=O) groups is 5. The average molecular weight is 605 g/mol. The number of aryl methyl sites for hydroxylation is 1. The third-order valence-corrected chi connectivity index (χ3v) is 8.20. The number of hydrogen-bond acceptors (Lipinski definition) is 6. The van der Waals surface area contributed by atoms with Crippen molar-refractivity contribution >= 4 is 52.7 Å². The van der Waals surface area contributed by atoms with Gasteiger partial charge in [-0.1, -0.05) is 60.0 Å². The Morgan fingerprint density at radius 2 is 1.52 bits per heavy atom. The molecule has 1 aliphatic carbocycles. The number of nitrogens with zero attached hydrogens (tertiary/aromatic N) is 2. The first-order chi connectivity index (χ1) is 20.0. The van der Waals surface area contributed by atoms with Crippen LogP contribution in [0.1, 0.15) is 50.0 Å². The van der Waals surface area contributed by atoms with Crippen molar-refractivity contribution in [2.45, 2.75) is 20.3 Å². The summed E-state index contributed by atoms with van der Waals surface area (Å²) in [5.41, 5.74) is 1.62. The van der Waals surface area contributed by atoms with E-state index in [1.807, 2.05) is 26.0 Å². The number of hydrogen-bond donors (Lipinski definition) is 0. The van der Waals surface area contributed by atoms with Gasteiger partial charge in [0.1, 0.15) is 12.3 Å². The summed E-state index contributed by atoms with van der Waals surface area (Å²) in [5.74, 6) is -4.18. The number of hydrazine groups is 1. The van der Waals surface area contributed by atoms with Crippen molar-refractivity contribution in [1.29, 1.82) is 0 Å². The molecule has 1 fully saturated rings. The Bertz CT molecular complexity index is 1620. The van der Waals surface area contributed by atoms with E-state index in [1.54, 1.807) is 24.3 Å². The van der Waals surface area contributed by atoms with Crippen molar-refractivity contribution in [2.75, 3.05) is 6.54 Å². The summed E-state index contributed by atoms with van der Waals surface area (Å²) in [5, 5.41) is 2.01. The van der Waals surface area contributed by atoms with Gasteiger partial charge in [0.25, 0.3) is 17.7 Å². The number of esters is 1. The molecule has 0 radical (unpaired) electrons. The highest BCUT2D eigenvalue weighted by Gasteiger charge is 2.53. The molecule has 0 spiro atoms. The predicted octanol–water partition coefficient (Wildman–Crippen LogP) is 5.96. The minimum absolute atomic E-state index is 0.0530. The first-order valence-corrected chi connectivity index (χ1v) is 14.0. The van der Waals surface area contributed by atoms with Crippen molar-refractivity contribution < 1.29 is 28.7 Å². The molecule has 2 aliphatic rings. The van der Waals surface area contributed by atoms with Crippen LogP contribution in [0, 0.1) is 24.7 Å². The van der Waals surface area contributed by atoms with E-state index in [0.29, 0.717) is 12.0 Å². The monoisotopic (exact) mass is 604 g/mol. The standard InChI is InChI=1S/C32H26Cl2N2O6/c1-18-6-8-21(9-7-18)32(41)42-23-13-10-20(11-14-23)27(37)17-35(29(38)22-12-15-25(33)26(34)16-22)36-30(39)24-5-3-4-19(2)28(24)31(36)40/h3-4,6-16,19,24,28H,5,17H2,1-2H3/t19-,24-,28+/m1/s1. The number of fused-ring (bicyclic) bond motifs is 1. The lowest BCUT2D eigenvalue weighted by molar-refractivity contribution is -0.154. The molecule has 0 N–H and O–H groups in total. The Hall–Kier alpha value is -4.27. The minimum Gasteiger partial charge on any atom is -0.423 e. The second-order valence-electron chi connectivity index (χ2n) is 10.3. The molecule has 10 heteroatoms. The van der Waals surface area contributed by atoms with Gasteiger partial charge in [0.2, 0.25) is 0 Å². The number of Topliss-reactive ketones (excluding diaryl/α,β-unsaturated/α-hetero) is 1. The van der Waals surface area contributed by atoms with Gasteiger partial charge >= 0.3 is 5.97 Å². The molecule has 0 unspecified atom stereocenters. The molecule has 0 saturated carbocycles. The lowest BCUT2D eigenvalue weighted by Crippen LogP contribution is -2.52. The van der Waals surface area contributed by atoms with Crippen LogP contribution >= 0.6 is 23.2 Å². The van der Waals surface area contributed by atoms with Crippen molar-refractivity contribution in [3.63, 3.8) is 0 Å². The highest BCUT2D eigenvalue weighted by atomic mass is 35.5. The zero-order valence-electron chi connectivity index (χ0n) is 22.8. The van der Waals surface area contributed by atoms with E-state index >= 15 is 0 Å². The number of carbonyl (C=O) groups excluding carboxylic acids is 5. The van der Waals surface area contributed by atoms with E-state index in [9.17, 15) is 24.0 Å². The van der Waals surface area contributed by atoms with E-state index in [4.69, 9.17) is 27.9 Å². The van der Waals surface area contributed by atoms with Crippen LogP contribution in [-0.4, -0.2) is 46.0 Å². The first-order valence-electron chi connectivity index (χ1n) is 13.3. The van der Waals surface area contributed by atoms with Gasteiger partial charge in [-0.2, -0.15) is 5.01 Å². The highest BCUT2D eigenvalue weighted by Crippen LogP contribution is 2.39. The molecule has 214 valence electrons. The molecule has 3 aromatic carbocycles. The van der Waals surface area contributed by atoms with Crippen LogP contribution in [0.15, 0.2) is 78.9 Å². The van der Waals surface area contributed by atoms with Gasteiger partial charge in [0.05, 0.1) is 27.4 Å². The van der Waals surface area contributed by atoms with Crippen molar-refractivity contribution in [3.05, 3.63) is 111 Å². The van der Waals surface area contributed by atoms with Crippen molar-refractivity contribution in [3.8, 4) is 5.75 Å². The molecule has 5 rings (SSSR count). The van der Waals surface area contributed by atoms with Gasteiger partial charge in [0.15, 0.2) is 5.78 Å². The van der Waals surface area contributed by atoms with E-state index in [0.717, 1.165) is 15.6 Å². The van der Waals surface area contributed by atoms with E-state index in [1.165, 1.54) is 42.5 Å². The predicted molar refractivity (Wildman–Crippen MR) is 156 cm³/mol. The summed E-state index contributed by atoms with van der Waals surface area (Å²) >= 11 is 12.2. The van der Waals surface area contributed by atoms with Crippen LogP contribution < -0.4 is 4.74 Å². The Morgan fingerprint density at radius 1 is 0.881 bits per heavy atom. The van der Waals surface area contributed by atoms with Gasteiger partial charge in [-0.15, -0.1) is 0 Å². The maximum atomic E-state index is 13.7. The molecule has 3 aromatic rings. The lowest BCUT2D eigenvalue weighted by atomic mass is 9.78. The maximum Gasteiger partial charge on any atom is 0.343 e. The molecular weight excluding hydrogens is 579 g/mol. The summed E-state index contributed by atoms with van der Waals surface area (Å²) in [6.45, 7) is 3.15. The van der Waals surface area contributed by atoms with Gasteiger partial charge in [0, 0.05) is 11.1 Å². The molecule has 3 amide bonds. The zero-order valence-corrected chi connectivity index (χ0v) is 24.3. The number of amides is 3. The second kappa shape index (κ2) is 11.9. The fraction of sp³-hybridized carbons (Fsp3) is 0.219. The maximum absolute atomic E-state index is 13.7. The second-order valence-corrected chi connectivity index (χ2v) is 11.2. The number of imide groups is 1. The van der Waals surface area contributed by atoms with E-state index in [2.05, 4.69) is 0 Å². The van der Waals surface area contributed by atoms with Gasteiger partial charge in [-0.3, -0.25) is 19.2 Å². The Balaban J connectivity index is 1.39. The molecule has 3 atom stereocenters. The molecule has 0 bridgehead atoms. The number of ether oxygens (including phenoxy) is 1. The average Bonchev–Trinajstić information content (AvgIpc) is 3.23. The van der Waals surface area contributed by atoms with Crippen molar-refractivity contribution in [1.82, 2.24) is 10.0 Å². The van der Waals surface area contributed by atoms with Gasteiger partial charge in [-0.25, -0.2) is 9.80 Å². The summed E-state index contributed by atoms with van der Waals surface area (Å²) in [6.07, 6.45) is 4.09. The summed E-state index contributed by atoms with van der Waals surface area (Å²) in [6, 6.07) is 16.9. The molecule has 1 saturated heterocycles. The fourth-order valence-electron chi connectivity index (χ4n) is 5.17. The van der Waals surface area contributed by atoms with E-state index in [-0.39, 0.29) is 32.8 Å². The topological polar surface area (TPSA) is 101 Å². The first kappa shape index (κ1) is 29.2. The third kappa shape index (κ3) is 5.73. The number of benzene rings is 3. The minimum atomic E-state index is -0.758. The number of rotatable bonds is 7. The van der Waals surface area contributed by atoms with Crippen LogP contribution in [0.25, 0.3) is 0 Å². The normalized spacial score (nSPS) is 19.4. The zero-order chi connectivity index (χ0) is 30.1. The largest absolute Gasteiger partial charge is 0.423 e. The number of allylic oxidation sites excluding steroid dienone is 2. The summed E-state index contributed by atoms with van der Waals surface area (Å²) in [4.78, 5) is 66.6. The molecule has 0 aromatic heterocycles.